The Balaban J connectivity index is 2.52. The van der Waals surface area contributed by atoms with Gasteiger partial charge in [-0.05, 0) is 23.1 Å². The second kappa shape index (κ2) is 8.81. The van der Waals surface area contributed by atoms with Gasteiger partial charge in [0, 0.05) is 12.2 Å². The number of rotatable bonds is 9. The van der Waals surface area contributed by atoms with Crippen LogP contribution in [0.3, 0.4) is 0 Å². The molecular weight excluding hydrogens is 316 g/mol. The Hall–Kier alpha value is -2.37. The van der Waals surface area contributed by atoms with E-state index in [0.717, 1.165) is 0 Å². The molecule has 0 saturated heterocycles. The van der Waals surface area contributed by atoms with Crippen molar-refractivity contribution in [3.63, 3.8) is 0 Å². The van der Waals surface area contributed by atoms with Crippen LogP contribution in [-0.4, -0.2) is 72.9 Å². The largest absolute Gasteiger partial charge is 0.480 e. The Morgan fingerprint density at radius 3 is 2.36 bits per heavy atom. The topological polar surface area (TPSA) is 170 Å². The number of nitrogens with one attached hydrogen (secondary N) is 3. The molecule has 0 unspecified atom stereocenters. The molecule has 0 radical (unpaired) electrons. The second-order valence-corrected chi connectivity index (χ2v) is 5.15. The van der Waals surface area contributed by atoms with E-state index in [2.05, 4.69) is 31.3 Å². The van der Waals surface area contributed by atoms with Crippen molar-refractivity contribution >= 4 is 29.7 Å². The lowest BCUT2D eigenvalue weighted by atomic mass is 10.1. The van der Waals surface area contributed by atoms with Crippen molar-refractivity contribution in [3.05, 3.63) is 5.82 Å². The lowest BCUT2D eigenvalue weighted by Crippen LogP contribution is -2.52. The highest BCUT2D eigenvalue weighted by atomic mass is 32.2. The Bertz CT molecular complexity index is 510. The van der Waals surface area contributed by atoms with E-state index in [1.54, 1.807) is 6.26 Å². The summed E-state index contributed by atoms with van der Waals surface area (Å²) in [6, 6.07) is -3.14. The number of hydrogen-bond donors (Lipinski definition) is 5. The van der Waals surface area contributed by atoms with Crippen LogP contribution in [0.1, 0.15) is 12.2 Å². The lowest BCUT2D eigenvalue weighted by Gasteiger charge is -2.17. The SMILES string of the molecule is CSC[C@H](NC(=O)N[C@@H](CCc1nnn[nH]1)C(=O)O)C(=O)O. The maximum Gasteiger partial charge on any atom is 0.327 e. The number of hydrogen-bond acceptors (Lipinski definition) is 7. The van der Waals surface area contributed by atoms with Gasteiger partial charge in [0.05, 0.1) is 0 Å². The van der Waals surface area contributed by atoms with E-state index < -0.39 is 30.1 Å². The van der Waals surface area contributed by atoms with Gasteiger partial charge in [0.15, 0.2) is 0 Å². The number of nitrogens with zero attached hydrogens (tertiary/aromatic N) is 3. The number of tetrazole rings is 1. The molecule has 1 aromatic heterocycles. The molecule has 2 amide bonds. The number of carbonyl (C=O) groups is 3. The van der Waals surface area contributed by atoms with Crippen LogP contribution < -0.4 is 10.6 Å². The molecule has 0 saturated carbocycles. The number of thioether (sulfide) groups is 1. The van der Waals surface area contributed by atoms with Crippen LogP contribution in [0.5, 0.6) is 0 Å². The predicted molar refractivity (Wildman–Crippen MR) is 75.4 cm³/mol. The number of carboxylic acids is 2. The van der Waals surface area contributed by atoms with E-state index in [1.807, 2.05) is 0 Å². The maximum absolute atomic E-state index is 11.7. The summed E-state index contributed by atoms with van der Waals surface area (Å²) in [6.07, 6.45) is 1.97. The lowest BCUT2D eigenvalue weighted by molar-refractivity contribution is -0.139. The van der Waals surface area contributed by atoms with Crippen molar-refractivity contribution in [2.24, 2.45) is 0 Å². The first-order valence-corrected chi connectivity index (χ1v) is 7.57. The third-order valence-electron chi connectivity index (χ3n) is 2.60. The van der Waals surface area contributed by atoms with Gasteiger partial charge in [-0.25, -0.2) is 19.5 Å². The van der Waals surface area contributed by atoms with Crippen molar-refractivity contribution in [2.45, 2.75) is 24.9 Å². The molecule has 0 bridgehead atoms. The smallest absolute Gasteiger partial charge is 0.327 e. The average molecular weight is 332 g/mol. The molecule has 0 aliphatic rings. The molecule has 1 rings (SSSR count). The molecule has 0 fully saturated rings. The summed E-state index contributed by atoms with van der Waals surface area (Å²) in [5.74, 6) is -1.87. The number of amides is 2. The van der Waals surface area contributed by atoms with Crippen LogP contribution in [0.15, 0.2) is 0 Å². The zero-order valence-electron chi connectivity index (χ0n) is 11.6. The van der Waals surface area contributed by atoms with Crippen LogP contribution in [-0.2, 0) is 16.0 Å². The zero-order chi connectivity index (χ0) is 16.5. The Kier molecular flexibility index (Phi) is 7.08. The zero-order valence-corrected chi connectivity index (χ0v) is 12.5. The number of aryl methyl sites for hydroxylation is 1. The molecule has 1 aromatic rings. The van der Waals surface area contributed by atoms with E-state index >= 15 is 0 Å². The van der Waals surface area contributed by atoms with Gasteiger partial charge in [-0.2, -0.15) is 11.8 Å². The molecule has 0 aliphatic carbocycles. The van der Waals surface area contributed by atoms with Crippen LogP contribution in [0.25, 0.3) is 0 Å². The van der Waals surface area contributed by atoms with Crippen LogP contribution in [0.2, 0.25) is 0 Å². The van der Waals surface area contributed by atoms with Crippen LogP contribution in [0, 0.1) is 0 Å². The van der Waals surface area contributed by atoms with Crippen molar-refractivity contribution in [2.75, 3.05) is 12.0 Å². The number of carbonyl (C=O) groups excluding carboxylic acids is 1. The minimum atomic E-state index is -1.24. The first-order chi connectivity index (χ1) is 10.4. The molecule has 12 heteroatoms. The fourth-order valence-corrected chi connectivity index (χ4v) is 2.08. The van der Waals surface area contributed by atoms with Gasteiger partial charge in [0.25, 0.3) is 0 Å². The van der Waals surface area contributed by atoms with Gasteiger partial charge in [-0.1, -0.05) is 0 Å². The van der Waals surface area contributed by atoms with Crippen LogP contribution in [0.4, 0.5) is 4.79 Å². The molecule has 2 atom stereocenters. The Morgan fingerprint density at radius 1 is 1.23 bits per heavy atom. The van der Waals surface area contributed by atoms with Gasteiger partial charge in [0.2, 0.25) is 0 Å². The summed E-state index contributed by atoms with van der Waals surface area (Å²) in [5, 5.41) is 35.2. The van der Waals surface area contributed by atoms with Gasteiger partial charge in [-0.15, -0.1) is 5.10 Å². The fraction of sp³-hybridized carbons (Fsp3) is 0.600. The summed E-state index contributed by atoms with van der Waals surface area (Å²) < 4.78 is 0. The first kappa shape index (κ1) is 17.7. The standard InChI is InChI=1S/C10H16N6O5S/c1-22-4-6(9(19)20)12-10(21)11-5(8(17)18)2-3-7-13-15-16-14-7/h5-6H,2-4H2,1H3,(H,17,18)(H,19,20)(H2,11,12,21)(H,13,14,15,16)/t5-,6-/m0/s1. The number of aromatic amines is 1. The minimum Gasteiger partial charge on any atom is -0.480 e. The quantitative estimate of drug-likeness (QED) is 0.368. The van der Waals surface area contributed by atoms with Crippen molar-refractivity contribution < 1.29 is 24.6 Å². The molecule has 5 N–H and O–H groups in total. The minimum absolute atomic E-state index is 0.0554. The second-order valence-electron chi connectivity index (χ2n) is 4.24. The molecular formula is C10H16N6O5S. The number of H-pyrrole nitrogens is 1. The van der Waals surface area contributed by atoms with Gasteiger partial charge in [-0.3, -0.25) is 0 Å². The molecule has 1 heterocycles. The summed E-state index contributed by atoms with van der Waals surface area (Å²) >= 11 is 1.25. The van der Waals surface area contributed by atoms with E-state index in [4.69, 9.17) is 10.2 Å². The molecule has 0 aromatic carbocycles. The molecule has 122 valence electrons. The fourth-order valence-electron chi connectivity index (χ4n) is 1.52. The van der Waals surface area contributed by atoms with E-state index in [0.29, 0.717) is 5.82 Å². The molecule has 0 spiro atoms. The number of carboxylic acid groups (broad SMARTS) is 2. The van der Waals surface area contributed by atoms with Gasteiger partial charge in [0.1, 0.15) is 17.9 Å². The molecule has 0 aliphatic heterocycles. The Morgan fingerprint density at radius 2 is 1.86 bits per heavy atom. The summed E-state index contributed by atoms with van der Waals surface area (Å²) in [6.45, 7) is 0. The average Bonchev–Trinajstić information content (AvgIpc) is 2.95. The maximum atomic E-state index is 11.7. The predicted octanol–water partition coefficient (Wildman–Crippen LogP) is -1.30. The summed E-state index contributed by atoms with van der Waals surface area (Å²) in [4.78, 5) is 33.7. The van der Waals surface area contributed by atoms with Crippen molar-refractivity contribution in [1.82, 2.24) is 31.3 Å². The van der Waals surface area contributed by atoms with Gasteiger partial charge >= 0.3 is 18.0 Å². The highest BCUT2D eigenvalue weighted by molar-refractivity contribution is 7.98. The summed E-state index contributed by atoms with van der Waals surface area (Å²) in [7, 11) is 0. The van der Waals surface area contributed by atoms with Crippen molar-refractivity contribution in [1.29, 1.82) is 0 Å². The first-order valence-electron chi connectivity index (χ1n) is 6.18. The highest BCUT2D eigenvalue weighted by Gasteiger charge is 2.24. The number of aromatic nitrogens is 4. The number of urea groups is 1. The van der Waals surface area contributed by atoms with E-state index in [1.165, 1.54) is 11.8 Å². The van der Waals surface area contributed by atoms with Gasteiger partial charge < -0.3 is 20.8 Å². The number of aliphatic carboxylic acids is 2. The summed E-state index contributed by atoms with van der Waals surface area (Å²) in [5.41, 5.74) is 0. The monoisotopic (exact) mass is 332 g/mol. The normalized spacial score (nSPS) is 13.1. The molecule has 22 heavy (non-hydrogen) atoms. The van der Waals surface area contributed by atoms with E-state index in [-0.39, 0.29) is 18.6 Å². The third-order valence-corrected chi connectivity index (χ3v) is 3.27. The van der Waals surface area contributed by atoms with Crippen LogP contribution >= 0.6 is 11.8 Å². The Labute approximate surface area is 129 Å². The highest BCUT2D eigenvalue weighted by Crippen LogP contribution is 2.01. The van der Waals surface area contributed by atoms with E-state index in [9.17, 15) is 14.4 Å². The third kappa shape index (κ3) is 5.95. The molecule has 11 nitrogen and oxygen atoms in total. The van der Waals surface area contributed by atoms with Crippen molar-refractivity contribution in [3.8, 4) is 0 Å².